The van der Waals surface area contributed by atoms with Gasteiger partial charge in [-0.25, -0.2) is 4.79 Å². The normalized spacial score (nSPS) is 11.0. The fourth-order valence-electron chi connectivity index (χ4n) is 2.45. The van der Waals surface area contributed by atoms with Crippen LogP contribution in [0.4, 0.5) is 13.2 Å². The maximum Gasteiger partial charge on any atom is 0.573 e. The third-order valence-electron chi connectivity index (χ3n) is 3.50. The van der Waals surface area contributed by atoms with Gasteiger partial charge >= 0.3 is 12.3 Å². The Morgan fingerprint density at radius 2 is 1.31 bits per heavy atom. The number of benzene rings is 3. The second kappa shape index (κ2) is 7.31. The van der Waals surface area contributed by atoms with Crippen LogP contribution in [-0.4, -0.2) is 12.3 Å². The minimum absolute atomic E-state index is 0.134. The highest BCUT2D eigenvalue weighted by Crippen LogP contribution is 2.35. The molecule has 0 N–H and O–H groups in total. The first-order valence-electron chi connectivity index (χ1n) is 7.65. The SMILES string of the molecule is O=C(Oc1ccccc1)c1ccccc1-c1ccccc1OC(F)(F)F. The molecule has 0 bridgehead atoms. The van der Waals surface area contributed by atoms with E-state index in [1.54, 1.807) is 54.6 Å². The van der Waals surface area contributed by atoms with E-state index < -0.39 is 12.3 Å². The van der Waals surface area contributed by atoms with Crippen molar-refractivity contribution in [1.29, 1.82) is 0 Å². The fourth-order valence-corrected chi connectivity index (χ4v) is 2.45. The molecule has 132 valence electrons. The van der Waals surface area contributed by atoms with Crippen LogP contribution in [-0.2, 0) is 0 Å². The largest absolute Gasteiger partial charge is 0.573 e. The van der Waals surface area contributed by atoms with Crippen molar-refractivity contribution in [3.63, 3.8) is 0 Å². The van der Waals surface area contributed by atoms with E-state index in [0.717, 1.165) is 0 Å². The van der Waals surface area contributed by atoms with E-state index >= 15 is 0 Å². The first-order chi connectivity index (χ1) is 12.4. The van der Waals surface area contributed by atoms with Crippen molar-refractivity contribution < 1.29 is 27.4 Å². The second-order valence-electron chi connectivity index (χ2n) is 5.29. The predicted molar refractivity (Wildman–Crippen MR) is 90.0 cm³/mol. The molecule has 0 aliphatic heterocycles. The van der Waals surface area contributed by atoms with E-state index in [9.17, 15) is 18.0 Å². The van der Waals surface area contributed by atoms with Gasteiger partial charge < -0.3 is 9.47 Å². The number of alkyl halides is 3. The maximum absolute atomic E-state index is 12.7. The average molecular weight is 358 g/mol. The summed E-state index contributed by atoms with van der Waals surface area (Å²) in [6.07, 6.45) is -4.84. The lowest BCUT2D eigenvalue weighted by molar-refractivity contribution is -0.274. The molecule has 0 amide bonds. The molecule has 26 heavy (non-hydrogen) atoms. The minimum atomic E-state index is -4.84. The van der Waals surface area contributed by atoms with Crippen molar-refractivity contribution in [2.24, 2.45) is 0 Å². The smallest absolute Gasteiger partial charge is 0.423 e. The highest BCUT2D eigenvalue weighted by Gasteiger charge is 2.32. The first-order valence-corrected chi connectivity index (χ1v) is 7.65. The van der Waals surface area contributed by atoms with Crippen molar-refractivity contribution in [3.05, 3.63) is 84.4 Å². The van der Waals surface area contributed by atoms with Crippen LogP contribution in [0.5, 0.6) is 11.5 Å². The molecular formula is C20H13F3O3. The Hall–Kier alpha value is -3.28. The van der Waals surface area contributed by atoms with E-state index in [1.807, 2.05) is 0 Å². The Balaban J connectivity index is 1.99. The van der Waals surface area contributed by atoms with E-state index in [2.05, 4.69) is 4.74 Å². The minimum Gasteiger partial charge on any atom is -0.423 e. The number of esters is 1. The van der Waals surface area contributed by atoms with Crippen LogP contribution >= 0.6 is 0 Å². The van der Waals surface area contributed by atoms with Gasteiger partial charge in [-0.15, -0.1) is 13.2 Å². The molecule has 0 saturated heterocycles. The lowest BCUT2D eigenvalue weighted by atomic mass is 9.99. The molecule has 6 heteroatoms. The molecule has 0 radical (unpaired) electrons. The number of rotatable bonds is 4. The molecule has 0 aliphatic rings. The molecule has 0 atom stereocenters. The van der Waals surface area contributed by atoms with Crippen molar-refractivity contribution >= 4 is 5.97 Å². The Morgan fingerprint density at radius 1 is 0.731 bits per heavy atom. The van der Waals surface area contributed by atoms with Crippen LogP contribution < -0.4 is 9.47 Å². The van der Waals surface area contributed by atoms with E-state index in [4.69, 9.17) is 4.74 Å². The molecule has 0 aromatic heterocycles. The number of hydrogen-bond donors (Lipinski definition) is 0. The number of para-hydroxylation sites is 2. The monoisotopic (exact) mass is 358 g/mol. The zero-order chi connectivity index (χ0) is 18.6. The van der Waals surface area contributed by atoms with Gasteiger partial charge in [-0.2, -0.15) is 0 Å². The molecule has 0 heterocycles. The van der Waals surface area contributed by atoms with Crippen molar-refractivity contribution in [1.82, 2.24) is 0 Å². The summed E-state index contributed by atoms with van der Waals surface area (Å²) >= 11 is 0. The van der Waals surface area contributed by atoms with Gasteiger partial charge in [-0.3, -0.25) is 0 Å². The van der Waals surface area contributed by atoms with Gasteiger partial charge in [0.25, 0.3) is 0 Å². The highest BCUT2D eigenvalue weighted by atomic mass is 19.4. The first kappa shape index (κ1) is 17.5. The Morgan fingerprint density at radius 3 is 2.00 bits per heavy atom. The summed E-state index contributed by atoms with van der Waals surface area (Å²) < 4.78 is 47.4. The summed E-state index contributed by atoms with van der Waals surface area (Å²) in [5.74, 6) is -0.722. The second-order valence-corrected chi connectivity index (χ2v) is 5.29. The van der Waals surface area contributed by atoms with Crippen molar-refractivity contribution in [3.8, 4) is 22.6 Å². The maximum atomic E-state index is 12.7. The quantitative estimate of drug-likeness (QED) is 0.458. The molecule has 0 spiro atoms. The fraction of sp³-hybridized carbons (Fsp3) is 0.0500. The van der Waals surface area contributed by atoms with Crippen molar-refractivity contribution in [2.75, 3.05) is 0 Å². The Bertz CT molecular complexity index is 905. The van der Waals surface area contributed by atoms with Gasteiger partial charge in [0.2, 0.25) is 0 Å². The lowest BCUT2D eigenvalue weighted by Gasteiger charge is -2.15. The number of carbonyl (C=O) groups excluding carboxylic acids is 1. The molecular weight excluding hydrogens is 345 g/mol. The number of carbonyl (C=O) groups is 1. The van der Waals surface area contributed by atoms with E-state index in [-0.39, 0.29) is 22.4 Å². The standard InChI is InChI=1S/C20H13F3O3/c21-20(22,23)26-18-13-7-6-11-16(18)15-10-4-5-12-17(15)19(24)25-14-8-2-1-3-9-14/h1-13H. The van der Waals surface area contributed by atoms with E-state index in [0.29, 0.717) is 5.75 Å². The predicted octanol–water partition coefficient (Wildman–Crippen LogP) is 5.47. The zero-order valence-electron chi connectivity index (χ0n) is 13.4. The summed E-state index contributed by atoms with van der Waals surface area (Å²) in [5.41, 5.74) is 0.563. The van der Waals surface area contributed by atoms with E-state index in [1.165, 1.54) is 24.3 Å². The Labute approximate surface area is 147 Å². The van der Waals surface area contributed by atoms with Crippen LogP contribution in [0.15, 0.2) is 78.9 Å². The van der Waals surface area contributed by atoms with Gasteiger partial charge in [0.05, 0.1) is 5.56 Å². The molecule has 3 nitrogen and oxygen atoms in total. The van der Waals surface area contributed by atoms with Crippen LogP contribution in [0, 0.1) is 0 Å². The topological polar surface area (TPSA) is 35.5 Å². The van der Waals surface area contributed by atoms with Gasteiger partial charge in [-0.05, 0) is 29.8 Å². The summed E-state index contributed by atoms with van der Waals surface area (Å²) in [7, 11) is 0. The molecule has 0 saturated carbocycles. The van der Waals surface area contributed by atoms with Crippen molar-refractivity contribution in [2.45, 2.75) is 6.36 Å². The molecule has 0 unspecified atom stereocenters. The number of halogens is 3. The summed E-state index contributed by atoms with van der Waals surface area (Å²) in [5, 5.41) is 0. The highest BCUT2D eigenvalue weighted by molar-refractivity contribution is 5.99. The number of hydrogen-bond acceptors (Lipinski definition) is 3. The summed E-state index contributed by atoms with van der Waals surface area (Å²) in [6.45, 7) is 0. The zero-order valence-corrected chi connectivity index (χ0v) is 13.4. The molecule has 3 aromatic carbocycles. The van der Waals surface area contributed by atoms with Crippen LogP contribution in [0.25, 0.3) is 11.1 Å². The molecule has 3 aromatic rings. The van der Waals surface area contributed by atoms with Crippen LogP contribution in [0.3, 0.4) is 0 Å². The van der Waals surface area contributed by atoms with Gasteiger partial charge in [0, 0.05) is 5.56 Å². The Kier molecular flexibility index (Phi) is 4.93. The molecule has 3 rings (SSSR count). The van der Waals surface area contributed by atoms with Gasteiger partial charge in [-0.1, -0.05) is 54.6 Å². The lowest BCUT2D eigenvalue weighted by Crippen LogP contribution is -2.18. The van der Waals surface area contributed by atoms with Gasteiger partial charge in [0.15, 0.2) is 0 Å². The molecule has 0 fully saturated rings. The summed E-state index contributed by atoms with van der Waals surface area (Å²) in [6, 6.07) is 20.3. The average Bonchev–Trinajstić information content (AvgIpc) is 2.62. The van der Waals surface area contributed by atoms with Crippen LogP contribution in [0.1, 0.15) is 10.4 Å². The van der Waals surface area contributed by atoms with Crippen LogP contribution in [0.2, 0.25) is 0 Å². The summed E-state index contributed by atoms with van der Waals surface area (Å²) in [4.78, 5) is 12.5. The third kappa shape index (κ3) is 4.22. The molecule has 0 aliphatic carbocycles. The number of ether oxygens (including phenoxy) is 2. The van der Waals surface area contributed by atoms with Gasteiger partial charge in [0.1, 0.15) is 11.5 Å². The third-order valence-corrected chi connectivity index (χ3v) is 3.50.